The highest BCUT2D eigenvalue weighted by Gasteiger charge is 2.38. The van der Waals surface area contributed by atoms with E-state index in [-0.39, 0.29) is 18.0 Å². The quantitative estimate of drug-likeness (QED) is 0.870. The van der Waals surface area contributed by atoms with Crippen LogP contribution in [0.1, 0.15) is 32.1 Å². The maximum Gasteiger partial charge on any atom is 0.267 e. The van der Waals surface area contributed by atoms with Crippen LogP contribution in [0.25, 0.3) is 11.3 Å². The molecule has 2 aromatic rings. The van der Waals surface area contributed by atoms with Gasteiger partial charge in [-0.05, 0) is 49.5 Å². The molecule has 0 unspecified atom stereocenters. The van der Waals surface area contributed by atoms with Crippen LogP contribution in [0.15, 0.2) is 47.3 Å². The van der Waals surface area contributed by atoms with Gasteiger partial charge in [0.25, 0.3) is 5.56 Å². The van der Waals surface area contributed by atoms with Crippen LogP contribution in [-0.4, -0.2) is 22.2 Å². The van der Waals surface area contributed by atoms with Crippen LogP contribution in [0.5, 0.6) is 0 Å². The second-order valence-electron chi connectivity index (χ2n) is 7.65. The third-order valence-electron chi connectivity index (χ3n) is 5.95. The monoisotopic (exact) mass is 351 g/mol. The van der Waals surface area contributed by atoms with Crippen LogP contribution in [0.4, 0.5) is 0 Å². The van der Waals surface area contributed by atoms with Gasteiger partial charge in [0.1, 0.15) is 6.54 Å². The van der Waals surface area contributed by atoms with Crippen LogP contribution in [-0.2, 0) is 11.3 Å². The maximum absolute atomic E-state index is 12.2. The Bertz CT molecular complexity index is 831. The van der Waals surface area contributed by atoms with E-state index in [2.05, 4.69) is 10.4 Å². The standard InChI is InChI=1S/C21H25N3O2/c25-20(22-11-10-18-13-15-6-7-17(18)12-15)14-24-21(26)9-8-19(23-24)16-4-2-1-3-5-16/h1-5,8-9,15,17-18H,6-7,10-14H2,(H,22,25)/t15-,17-,18-/m0/s1. The van der Waals surface area contributed by atoms with Crippen molar-refractivity contribution in [1.82, 2.24) is 15.1 Å². The van der Waals surface area contributed by atoms with E-state index >= 15 is 0 Å². The van der Waals surface area contributed by atoms with Crippen LogP contribution < -0.4 is 10.9 Å². The molecule has 1 aromatic heterocycles. The van der Waals surface area contributed by atoms with Crippen molar-refractivity contribution in [1.29, 1.82) is 0 Å². The molecule has 2 aliphatic rings. The molecule has 1 heterocycles. The van der Waals surface area contributed by atoms with Gasteiger partial charge in [-0.2, -0.15) is 5.10 Å². The number of nitrogens with zero attached hydrogens (tertiary/aromatic N) is 2. The van der Waals surface area contributed by atoms with Crippen molar-refractivity contribution in [3.63, 3.8) is 0 Å². The van der Waals surface area contributed by atoms with Gasteiger partial charge in [-0.25, -0.2) is 4.68 Å². The molecule has 2 bridgehead atoms. The molecule has 2 aliphatic carbocycles. The van der Waals surface area contributed by atoms with Crippen LogP contribution >= 0.6 is 0 Å². The minimum absolute atomic E-state index is 0.0315. The third kappa shape index (κ3) is 3.71. The summed E-state index contributed by atoms with van der Waals surface area (Å²) in [7, 11) is 0. The lowest BCUT2D eigenvalue weighted by Gasteiger charge is -2.21. The molecule has 1 aromatic carbocycles. The van der Waals surface area contributed by atoms with Crippen molar-refractivity contribution >= 4 is 5.91 Å². The summed E-state index contributed by atoms with van der Waals surface area (Å²) >= 11 is 0. The first-order chi connectivity index (χ1) is 12.7. The smallest absolute Gasteiger partial charge is 0.267 e. The van der Waals surface area contributed by atoms with Gasteiger partial charge in [-0.15, -0.1) is 0 Å². The number of hydrogen-bond donors (Lipinski definition) is 1. The number of carbonyl (C=O) groups is 1. The summed E-state index contributed by atoms with van der Waals surface area (Å²) in [6.07, 6.45) is 6.55. The molecule has 5 heteroatoms. The Kier molecular flexibility index (Phi) is 4.87. The lowest BCUT2D eigenvalue weighted by Crippen LogP contribution is -2.34. The number of rotatable bonds is 6. The third-order valence-corrected chi connectivity index (χ3v) is 5.95. The van der Waals surface area contributed by atoms with E-state index in [9.17, 15) is 9.59 Å². The fourth-order valence-electron chi connectivity index (χ4n) is 4.64. The molecule has 4 rings (SSSR count). The first-order valence-electron chi connectivity index (χ1n) is 9.59. The molecule has 1 N–H and O–H groups in total. The molecule has 2 fully saturated rings. The molecule has 0 saturated heterocycles. The zero-order valence-corrected chi connectivity index (χ0v) is 14.9. The highest BCUT2D eigenvalue weighted by atomic mass is 16.2. The predicted octanol–water partition coefficient (Wildman–Crippen LogP) is 2.85. The second-order valence-corrected chi connectivity index (χ2v) is 7.65. The van der Waals surface area contributed by atoms with Gasteiger partial charge >= 0.3 is 0 Å². The van der Waals surface area contributed by atoms with E-state index < -0.39 is 0 Å². The average Bonchev–Trinajstić information content (AvgIpc) is 3.27. The predicted molar refractivity (Wildman–Crippen MR) is 100 cm³/mol. The van der Waals surface area contributed by atoms with Crippen molar-refractivity contribution in [3.05, 3.63) is 52.8 Å². The van der Waals surface area contributed by atoms with Gasteiger partial charge in [-0.3, -0.25) is 9.59 Å². The molecule has 0 aliphatic heterocycles. The van der Waals surface area contributed by atoms with E-state index in [0.29, 0.717) is 12.2 Å². The van der Waals surface area contributed by atoms with Gasteiger partial charge in [0.05, 0.1) is 5.69 Å². The number of fused-ring (bicyclic) bond motifs is 2. The first kappa shape index (κ1) is 17.0. The molecular formula is C21H25N3O2. The molecule has 136 valence electrons. The van der Waals surface area contributed by atoms with E-state index in [1.807, 2.05) is 30.3 Å². The summed E-state index contributed by atoms with van der Waals surface area (Å²) in [6.45, 7) is 0.663. The molecule has 3 atom stereocenters. The Labute approximate surface area is 153 Å². The number of amides is 1. The molecule has 5 nitrogen and oxygen atoms in total. The molecule has 26 heavy (non-hydrogen) atoms. The number of hydrogen-bond acceptors (Lipinski definition) is 3. The normalized spacial score (nSPS) is 23.9. The lowest BCUT2D eigenvalue weighted by atomic mass is 9.86. The maximum atomic E-state index is 12.2. The molecule has 1 amide bonds. The van der Waals surface area contributed by atoms with Crippen molar-refractivity contribution in [2.24, 2.45) is 17.8 Å². The van der Waals surface area contributed by atoms with Crippen LogP contribution in [0.2, 0.25) is 0 Å². The topological polar surface area (TPSA) is 64.0 Å². The van der Waals surface area contributed by atoms with Gasteiger partial charge in [0.15, 0.2) is 0 Å². The van der Waals surface area contributed by atoms with E-state index in [4.69, 9.17) is 0 Å². The van der Waals surface area contributed by atoms with Crippen molar-refractivity contribution in [3.8, 4) is 11.3 Å². The Morgan fingerprint density at radius 3 is 2.69 bits per heavy atom. The Hall–Kier alpha value is -2.43. The second kappa shape index (κ2) is 7.44. The number of nitrogens with one attached hydrogen (secondary N) is 1. The van der Waals surface area contributed by atoms with Crippen molar-refractivity contribution < 1.29 is 4.79 Å². The number of carbonyl (C=O) groups excluding carboxylic acids is 1. The number of aromatic nitrogens is 2. The van der Waals surface area contributed by atoms with Gasteiger partial charge in [0.2, 0.25) is 5.91 Å². The van der Waals surface area contributed by atoms with Crippen molar-refractivity contribution in [2.75, 3.05) is 6.54 Å². The fourth-order valence-corrected chi connectivity index (χ4v) is 4.64. The van der Waals surface area contributed by atoms with Gasteiger partial charge in [-0.1, -0.05) is 36.8 Å². The first-order valence-corrected chi connectivity index (χ1v) is 9.59. The minimum atomic E-state index is -0.257. The molecule has 2 saturated carbocycles. The minimum Gasteiger partial charge on any atom is -0.354 e. The van der Waals surface area contributed by atoms with E-state index in [0.717, 1.165) is 29.7 Å². The largest absolute Gasteiger partial charge is 0.354 e. The summed E-state index contributed by atoms with van der Waals surface area (Å²) in [4.78, 5) is 24.3. The van der Waals surface area contributed by atoms with E-state index in [1.54, 1.807) is 6.07 Å². The lowest BCUT2D eigenvalue weighted by molar-refractivity contribution is -0.121. The van der Waals surface area contributed by atoms with E-state index in [1.165, 1.54) is 36.4 Å². The summed E-state index contributed by atoms with van der Waals surface area (Å²) < 4.78 is 1.25. The summed E-state index contributed by atoms with van der Waals surface area (Å²) in [5, 5.41) is 7.31. The average molecular weight is 351 g/mol. The Morgan fingerprint density at radius 2 is 1.96 bits per heavy atom. The van der Waals surface area contributed by atoms with Crippen LogP contribution in [0, 0.1) is 17.8 Å². The van der Waals surface area contributed by atoms with Gasteiger partial charge in [0, 0.05) is 18.2 Å². The molecular weight excluding hydrogens is 326 g/mol. The highest BCUT2D eigenvalue weighted by Crippen LogP contribution is 2.49. The summed E-state index contributed by atoms with van der Waals surface area (Å²) in [5.74, 6) is 2.44. The Morgan fingerprint density at radius 1 is 1.12 bits per heavy atom. The zero-order chi connectivity index (χ0) is 17.9. The summed E-state index contributed by atoms with van der Waals surface area (Å²) in [6, 6.07) is 12.8. The zero-order valence-electron chi connectivity index (χ0n) is 14.9. The Balaban J connectivity index is 1.33. The molecule has 0 spiro atoms. The SMILES string of the molecule is O=C(Cn1nc(-c2ccccc2)ccc1=O)NCC[C@H]1C[C@H]2CC[C@H]1C2. The number of benzene rings is 1. The van der Waals surface area contributed by atoms with Crippen LogP contribution in [0.3, 0.4) is 0 Å². The molecule has 0 radical (unpaired) electrons. The van der Waals surface area contributed by atoms with Crippen molar-refractivity contribution in [2.45, 2.75) is 38.6 Å². The fraction of sp³-hybridized carbons (Fsp3) is 0.476. The highest BCUT2D eigenvalue weighted by molar-refractivity contribution is 5.75. The van der Waals surface area contributed by atoms with Gasteiger partial charge < -0.3 is 5.32 Å². The summed E-state index contributed by atoms with van der Waals surface area (Å²) in [5.41, 5.74) is 1.37.